The fourth-order valence-electron chi connectivity index (χ4n) is 3.44. The van der Waals surface area contributed by atoms with E-state index in [4.69, 9.17) is 23.2 Å². The zero-order valence-electron chi connectivity index (χ0n) is 18.4. The molecule has 174 valence electrons. The van der Waals surface area contributed by atoms with Crippen molar-refractivity contribution in [2.75, 3.05) is 0 Å². The summed E-state index contributed by atoms with van der Waals surface area (Å²) in [5.74, 6) is -2.73. The molecule has 0 aliphatic heterocycles. The van der Waals surface area contributed by atoms with E-state index in [9.17, 15) is 30.0 Å². The summed E-state index contributed by atoms with van der Waals surface area (Å²) in [6.45, 7) is 7.20. The van der Waals surface area contributed by atoms with E-state index >= 15 is 0 Å². The second-order valence-electron chi connectivity index (χ2n) is 8.07. The first kappa shape index (κ1) is 26.5. The van der Waals surface area contributed by atoms with Crippen molar-refractivity contribution in [1.82, 2.24) is 0 Å². The minimum absolute atomic E-state index is 0.0913. The summed E-state index contributed by atoms with van der Waals surface area (Å²) in [6.07, 6.45) is -7.41. The largest absolute Gasteiger partial charge is 0.390 e. The van der Waals surface area contributed by atoms with Crippen molar-refractivity contribution < 1.29 is 30.0 Å². The van der Waals surface area contributed by atoms with Crippen LogP contribution in [-0.4, -0.2) is 56.4 Å². The quantitative estimate of drug-likeness (QED) is 0.408. The first-order valence-corrected chi connectivity index (χ1v) is 10.9. The molecule has 0 aliphatic rings. The minimum atomic E-state index is -2.04. The Hall–Kier alpha value is -1.80. The molecule has 0 bridgehead atoms. The lowest BCUT2D eigenvalue weighted by Crippen LogP contribution is -2.47. The van der Waals surface area contributed by atoms with Crippen LogP contribution in [-0.2, 0) is 22.4 Å². The molecule has 4 N–H and O–H groups in total. The zero-order valence-corrected chi connectivity index (χ0v) is 19.9. The molecule has 0 spiro atoms. The lowest BCUT2D eigenvalue weighted by molar-refractivity contribution is -0.152. The highest BCUT2D eigenvalue weighted by Gasteiger charge is 2.36. The fourth-order valence-corrected chi connectivity index (χ4v) is 3.85. The van der Waals surface area contributed by atoms with Crippen molar-refractivity contribution in [2.45, 2.75) is 65.0 Å². The predicted octanol–water partition coefficient (Wildman–Crippen LogP) is 2.59. The number of carbonyl (C=O) groups excluding carboxylic acids is 2. The molecule has 2 aromatic carbocycles. The number of halogens is 2. The van der Waals surface area contributed by atoms with E-state index in [-0.39, 0.29) is 12.8 Å². The monoisotopic (exact) mass is 482 g/mol. The van der Waals surface area contributed by atoms with Crippen molar-refractivity contribution in [3.05, 3.63) is 67.7 Å². The number of ketones is 2. The van der Waals surface area contributed by atoms with Crippen molar-refractivity contribution in [1.29, 1.82) is 0 Å². The lowest BCUT2D eigenvalue weighted by Gasteiger charge is -2.21. The van der Waals surface area contributed by atoms with E-state index < -0.39 is 36.0 Å². The maximum atomic E-state index is 12.4. The highest BCUT2D eigenvalue weighted by atomic mass is 35.5. The number of rotatable bonds is 9. The summed E-state index contributed by atoms with van der Waals surface area (Å²) in [6, 6.07) is 6.63. The molecule has 2 rings (SSSR count). The Balaban J connectivity index is 2.07. The van der Waals surface area contributed by atoms with Crippen molar-refractivity contribution >= 4 is 34.8 Å². The van der Waals surface area contributed by atoms with Gasteiger partial charge in [-0.05, 0) is 73.2 Å². The molecule has 0 fully saturated rings. The number of Topliss-reactive ketones (excluding diaryl/α,β-unsaturated/α-hetero) is 2. The van der Waals surface area contributed by atoms with Crippen LogP contribution in [0.25, 0.3) is 0 Å². The van der Waals surface area contributed by atoms with Crippen LogP contribution in [0.2, 0.25) is 10.0 Å². The Morgan fingerprint density at radius 1 is 0.656 bits per heavy atom. The zero-order chi connectivity index (χ0) is 24.3. The Morgan fingerprint density at radius 2 is 0.969 bits per heavy atom. The number of hydrogen-bond donors (Lipinski definition) is 4. The normalized spacial score (nSPS) is 15.2. The van der Waals surface area contributed by atoms with Gasteiger partial charge in [0, 0.05) is 22.9 Å². The van der Waals surface area contributed by atoms with E-state index in [1.165, 1.54) is 0 Å². The molecular weight excluding hydrogens is 455 g/mol. The fraction of sp³-hybridized carbons (Fsp3) is 0.417. The molecule has 0 saturated carbocycles. The molecule has 2 aromatic rings. The number of benzene rings is 2. The second-order valence-corrected chi connectivity index (χ2v) is 8.89. The van der Waals surface area contributed by atoms with Gasteiger partial charge in [0.15, 0.2) is 0 Å². The Kier molecular flexibility index (Phi) is 8.99. The molecule has 0 aliphatic carbocycles. The topological polar surface area (TPSA) is 115 Å². The van der Waals surface area contributed by atoms with Crippen LogP contribution in [0.4, 0.5) is 0 Å². The highest BCUT2D eigenvalue weighted by molar-refractivity contribution is 6.40. The third-order valence-electron chi connectivity index (χ3n) is 6.03. The Bertz CT molecular complexity index is 939. The standard InChI is InChI=1S/C24H28Cl2O6/c1-11-13(3)17(25)7-5-15(11)9-19(27)21(29)23(31)24(32)22(30)20(28)10-16-6-8-18(26)14(4)12(16)2/h5-8,19-22,27-30H,9-10H2,1-4H3/t19?,20?,21-,22+. The van der Waals surface area contributed by atoms with Crippen LogP contribution >= 0.6 is 23.2 Å². The Labute approximate surface area is 197 Å². The van der Waals surface area contributed by atoms with E-state index in [0.717, 1.165) is 22.3 Å². The summed E-state index contributed by atoms with van der Waals surface area (Å²) >= 11 is 12.1. The third-order valence-corrected chi connectivity index (χ3v) is 6.85. The summed E-state index contributed by atoms with van der Waals surface area (Å²) in [5.41, 5.74) is 4.53. The smallest absolute Gasteiger partial charge is 0.232 e. The van der Waals surface area contributed by atoms with E-state index in [1.807, 2.05) is 0 Å². The van der Waals surface area contributed by atoms with Crippen molar-refractivity contribution in [2.24, 2.45) is 0 Å². The van der Waals surface area contributed by atoms with Gasteiger partial charge in [0.2, 0.25) is 11.6 Å². The number of aliphatic hydroxyl groups is 4. The van der Waals surface area contributed by atoms with Gasteiger partial charge in [-0.25, -0.2) is 0 Å². The maximum absolute atomic E-state index is 12.4. The average molecular weight is 483 g/mol. The van der Waals surface area contributed by atoms with Gasteiger partial charge in [0.25, 0.3) is 0 Å². The second kappa shape index (κ2) is 10.9. The molecule has 32 heavy (non-hydrogen) atoms. The van der Waals surface area contributed by atoms with E-state index in [2.05, 4.69) is 0 Å². The highest BCUT2D eigenvalue weighted by Crippen LogP contribution is 2.25. The van der Waals surface area contributed by atoms with Gasteiger partial charge in [0.1, 0.15) is 12.2 Å². The first-order valence-electron chi connectivity index (χ1n) is 10.2. The summed E-state index contributed by atoms with van der Waals surface area (Å²) in [4.78, 5) is 24.8. The number of carbonyl (C=O) groups is 2. The molecule has 6 nitrogen and oxygen atoms in total. The van der Waals surface area contributed by atoms with Gasteiger partial charge < -0.3 is 20.4 Å². The average Bonchev–Trinajstić information content (AvgIpc) is 2.77. The van der Waals surface area contributed by atoms with Crippen molar-refractivity contribution in [3.63, 3.8) is 0 Å². The molecular formula is C24H28Cl2O6. The summed E-state index contributed by atoms with van der Waals surface area (Å²) < 4.78 is 0. The van der Waals surface area contributed by atoms with Gasteiger partial charge in [-0.2, -0.15) is 0 Å². The van der Waals surface area contributed by atoms with Crippen LogP contribution in [0.1, 0.15) is 33.4 Å². The molecule has 0 heterocycles. The molecule has 2 unspecified atom stereocenters. The molecule has 8 heteroatoms. The van der Waals surface area contributed by atoms with Gasteiger partial charge in [-0.1, -0.05) is 35.3 Å². The predicted molar refractivity (Wildman–Crippen MR) is 123 cm³/mol. The van der Waals surface area contributed by atoms with E-state index in [0.29, 0.717) is 21.2 Å². The van der Waals surface area contributed by atoms with Crippen molar-refractivity contribution in [3.8, 4) is 0 Å². The maximum Gasteiger partial charge on any atom is 0.232 e. The van der Waals surface area contributed by atoms with E-state index in [1.54, 1.807) is 52.0 Å². The minimum Gasteiger partial charge on any atom is -0.390 e. The molecule has 0 amide bonds. The van der Waals surface area contributed by atoms with Crippen LogP contribution in [0.15, 0.2) is 24.3 Å². The molecule has 0 radical (unpaired) electrons. The number of aliphatic hydroxyl groups excluding tert-OH is 4. The van der Waals surface area contributed by atoms with Crippen LogP contribution in [0.3, 0.4) is 0 Å². The summed E-state index contributed by atoms with van der Waals surface area (Å²) in [5, 5.41) is 42.1. The number of hydrogen-bond acceptors (Lipinski definition) is 6. The van der Waals surface area contributed by atoms with Gasteiger partial charge in [0.05, 0.1) is 12.2 Å². The Morgan fingerprint density at radius 3 is 1.28 bits per heavy atom. The van der Waals surface area contributed by atoms with Gasteiger partial charge in [-0.3, -0.25) is 9.59 Å². The lowest BCUT2D eigenvalue weighted by atomic mass is 9.91. The first-order chi connectivity index (χ1) is 14.9. The SMILES string of the molecule is Cc1c(Cl)ccc(CC(O)[C@H](O)C(=O)C(=O)[C@H](O)C(O)Cc2ccc(Cl)c(C)c2C)c1C. The van der Waals surface area contributed by atoms with Crippen LogP contribution in [0.5, 0.6) is 0 Å². The van der Waals surface area contributed by atoms with Crippen LogP contribution in [0, 0.1) is 27.7 Å². The van der Waals surface area contributed by atoms with Gasteiger partial charge >= 0.3 is 0 Å². The molecule has 0 saturated heterocycles. The molecule has 0 aromatic heterocycles. The van der Waals surface area contributed by atoms with Crippen LogP contribution < -0.4 is 0 Å². The summed E-state index contributed by atoms with van der Waals surface area (Å²) in [7, 11) is 0. The third kappa shape index (κ3) is 5.76. The van der Waals surface area contributed by atoms with Gasteiger partial charge in [-0.15, -0.1) is 0 Å². The molecule has 4 atom stereocenters.